The SMILES string of the molecule is O=C(CCl)c1ccc2c(c1)CCC[NH+]2[O-]. The van der Waals surface area contributed by atoms with Crippen LogP contribution >= 0.6 is 11.6 Å². The maximum atomic E-state index is 11.5. The van der Waals surface area contributed by atoms with Gasteiger partial charge in [0.1, 0.15) is 5.69 Å². The maximum absolute atomic E-state index is 11.5. The molecule has 3 nitrogen and oxygen atoms in total. The lowest BCUT2D eigenvalue weighted by Crippen LogP contribution is -3.03. The van der Waals surface area contributed by atoms with Crippen LogP contribution < -0.4 is 5.06 Å². The molecule has 1 unspecified atom stereocenters. The number of alkyl halides is 1. The highest BCUT2D eigenvalue weighted by Gasteiger charge is 2.17. The van der Waals surface area contributed by atoms with Crippen LogP contribution in [-0.2, 0) is 6.42 Å². The van der Waals surface area contributed by atoms with Crippen molar-refractivity contribution in [2.45, 2.75) is 12.8 Å². The minimum atomic E-state index is -0.0857. The lowest BCUT2D eigenvalue weighted by Gasteiger charge is -2.28. The summed E-state index contributed by atoms with van der Waals surface area (Å²) in [6.07, 6.45) is 1.76. The minimum absolute atomic E-state index is 0.00721. The van der Waals surface area contributed by atoms with Gasteiger partial charge in [-0.15, -0.1) is 11.6 Å². The summed E-state index contributed by atoms with van der Waals surface area (Å²) in [5.74, 6) is -0.0929. The van der Waals surface area contributed by atoms with Gasteiger partial charge >= 0.3 is 0 Å². The highest BCUT2D eigenvalue weighted by atomic mass is 35.5. The van der Waals surface area contributed by atoms with E-state index in [0.717, 1.165) is 24.1 Å². The Morgan fingerprint density at radius 1 is 1.53 bits per heavy atom. The summed E-state index contributed by atoms with van der Waals surface area (Å²) in [6.45, 7) is 0.621. The Hall–Kier alpha value is -0.900. The Balaban J connectivity index is 2.37. The summed E-state index contributed by atoms with van der Waals surface area (Å²) in [4.78, 5) is 11.4. The van der Waals surface area contributed by atoms with Gasteiger partial charge in [-0.3, -0.25) is 4.79 Å². The lowest BCUT2D eigenvalue weighted by atomic mass is 9.99. The first kappa shape index (κ1) is 10.6. The number of hydrogen-bond donors (Lipinski definition) is 1. The number of nitrogens with one attached hydrogen (secondary N) is 1. The molecule has 1 aromatic carbocycles. The number of hydrogen-bond acceptors (Lipinski definition) is 2. The molecule has 1 atom stereocenters. The number of benzene rings is 1. The summed E-state index contributed by atoms with van der Waals surface area (Å²) in [7, 11) is 0. The number of aryl methyl sites for hydroxylation is 1. The number of fused-ring (bicyclic) bond motifs is 1. The zero-order chi connectivity index (χ0) is 10.8. The van der Waals surface area contributed by atoms with Gasteiger partial charge in [0.05, 0.1) is 12.4 Å². The van der Waals surface area contributed by atoms with Crippen LogP contribution in [0.4, 0.5) is 5.69 Å². The fraction of sp³-hybridized carbons (Fsp3) is 0.364. The zero-order valence-electron chi connectivity index (χ0n) is 8.25. The monoisotopic (exact) mass is 225 g/mol. The van der Waals surface area contributed by atoms with E-state index in [1.54, 1.807) is 18.2 Å². The van der Waals surface area contributed by atoms with Crippen molar-refractivity contribution >= 4 is 23.1 Å². The van der Waals surface area contributed by atoms with Gasteiger partial charge in [-0.05, 0) is 18.6 Å². The normalized spacial score (nSPS) is 19.7. The fourth-order valence-electron chi connectivity index (χ4n) is 1.90. The molecule has 0 amide bonds. The molecule has 0 fully saturated rings. The largest absolute Gasteiger partial charge is 0.629 e. The lowest BCUT2D eigenvalue weighted by molar-refractivity contribution is -0.779. The molecule has 0 spiro atoms. The van der Waals surface area contributed by atoms with Gasteiger partial charge in [0.25, 0.3) is 0 Å². The number of Topliss-reactive ketones (excluding diaryl/α,β-unsaturated/α-hetero) is 1. The summed E-state index contributed by atoms with van der Waals surface area (Å²) in [5.41, 5.74) is 2.37. The zero-order valence-corrected chi connectivity index (χ0v) is 9.01. The Morgan fingerprint density at radius 2 is 2.33 bits per heavy atom. The van der Waals surface area contributed by atoms with Gasteiger partial charge in [0.15, 0.2) is 5.78 Å². The van der Waals surface area contributed by atoms with Crippen molar-refractivity contribution in [3.05, 3.63) is 34.5 Å². The molecule has 0 radical (unpaired) electrons. The number of rotatable bonds is 2. The van der Waals surface area contributed by atoms with Crippen molar-refractivity contribution in [2.75, 3.05) is 12.4 Å². The molecule has 2 rings (SSSR count). The first-order chi connectivity index (χ1) is 7.22. The summed E-state index contributed by atoms with van der Waals surface area (Å²) in [6, 6.07) is 5.24. The van der Waals surface area contributed by atoms with E-state index in [0.29, 0.717) is 12.1 Å². The molecule has 0 aliphatic carbocycles. The number of hydroxylamine groups is 1. The molecule has 1 aliphatic heterocycles. The van der Waals surface area contributed by atoms with E-state index >= 15 is 0 Å². The molecule has 4 heteroatoms. The molecule has 1 aromatic rings. The van der Waals surface area contributed by atoms with Gasteiger partial charge < -0.3 is 10.3 Å². The van der Waals surface area contributed by atoms with Crippen molar-refractivity contribution in [1.82, 2.24) is 0 Å². The van der Waals surface area contributed by atoms with E-state index in [2.05, 4.69) is 0 Å². The van der Waals surface area contributed by atoms with E-state index < -0.39 is 0 Å². The molecule has 15 heavy (non-hydrogen) atoms. The summed E-state index contributed by atoms with van der Waals surface area (Å²) < 4.78 is 0. The van der Waals surface area contributed by atoms with Gasteiger partial charge in [-0.25, -0.2) is 0 Å². The molecule has 0 aromatic heterocycles. The van der Waals surface area contributed by atoms with Gasteiger partial charge in [0, 0.05) is 23.6 Å². The Kier molecular flexibility index (Phi) is 3.05. The third kappa shape index (κ3) is 2.04. The van der Waals surface area contributed by atoms with Gasteiger partial charge in [-0.2, -0.15) is 0 Å². The highest BCUT2D eigenvalue weighted by Crippen LogP contribution is 2.19. The van der Waals surface area contributed by atoms with Crippen LogP contribution in [0.3, 0.4) is 0 Å². The standard InChI is InChI=1S/C11H12ClNO2/c12-7-11(14)9-3-4-10-8(6-9)2-1-5-13(10)15/h3-4,6,13H,1-2,5,7H2. The molecule has 0 saturated heterocycles. The average Bonchev–Trinajstić information content (AvgIpc) is 2.28. The second kappa shape index (κ2) is 4.31. The second-order valence-corrected chi connectivity index (χ2v) is 3.97. The number of ketones is 1. The van der Waals surface area contributed by atoms with Crippen LogP contribution in [0.15, 0.2) is 18.2 Å². The van der Waals surface area contributed by atoms with Crippen molar-refractivity contribution in [1.29, 1.82) is 0 Å². The fourth-order valence-corrected chi connectivity index (χ4v) is 2.05. The summed E-state index contributed by atoms with van der Waals surface area (Å²) in [5, 5.41) is 11.7. The Morgan fingerprint density at radius 3 is 3.07 bits per heavy atom. The van der Waals surface area contributed by atoms with Gasteiger partial charge in [-0.1, -0.05) is 0 Å². The van der Waals surface area contributed by atoms with Gasteiger partial charge in [0.2, 0.25) is 0 Å². The van der Waals surface area contributed by atoms with Crippen LogP contribution in [0.5, 0.6) is 0 Å². The minimum Gasteiger partial charge on any atom is -0.629 e. The Labute approximate surface area is 93.2 Å². The third-order valence-electron chi connectivity index (χ3n) is 2.70. The summed E-state index contributed by atoms with van der Waals surface area (Å²) >= 11 is 5.48. The first-order valence-electron chi connectivity index (χ1n) is 4.97. The van der Waals surface area contributed by atoms with E-state index in [1.807, 2.05) is 0 Å². The van der Waals surface area contributed by atoms with Crippen LogP contribution in [0.25, 0.3) is 0 Å². The molecular weight excluding hydrogens is 214 g/mol. The molecule has 1 aliphatic rings. The van der Waals surface area contributed by atoms with E-state index in [9.17, 15) is 10.0 Å². The topological polar surface area (TPSA) is 44.6 Å². The average molecular weight is 226 g/mol. The molecular formula is C11H12ClNO2. The number of carbonyl (C=O) groups excluding carboxylic acids is 1. The molecule has 0 bridgehead atoms. The second-order valence-electron chi connectivity index (χ2n) is 3.71. The predicted octanol–water partition coefficient (Wildman–Crippen LogP) is 1.07. The van der Waals surface area contributed by atoms with Crippen molar-refractivity contribution < 1.29 is 9.86 Å². The smallest absolute Gasteiger partial charge is 0.177 e. The number of halogens is 1. The van der Waals surface area contributed by atoms with Crippen LogP contribution in [-0.4, -0.2) is 18.2 Å². The van der Waals surface area contributed by atoms with E-state index in [4.69, 9.17) is 11.6 Å². The predicted molar refractivity (Wildman–Crippen MR) is 58.7 cm³/mol. The van der Waals surface area contributed by atoms with Crippen molar-refractivity contribution in [2.24, 2.45) is 0 Å². The van der Waals surface area contributed by atoms with Crippen LogP contribution in [0.1, 0.15) is 22.3 Å². The maximum Gasteiger partial charge on any atom is 0.177 e. The van der Waals surface area contributed by atoms with Crippen LogP contribution in [0.2, 0.25) is 0 Å². The molecule has 0 saturated carbocycles. The third-order valence-corrected chi connectivity index (χ3v) is 2.94. The van der Waals surface area contributed by atoms with Crippen molar-refractivity contribution in [3.8, 4) is 0 Å². The molecule has 1 N–H and O–H groups in total. The van der Waals surface area contributed by atoms with E-state index in [1.165, 1.54) is 0 Å². The van der Waals surface area contributed by atoms with E-state index in [-0.39, 0.29) is 16.7 Å². The number of quaternary nitrogens is 1. The Bertz CT molecular complexity index is 392. The molecule has 1 heterocycles. The first-order valence-corrected chi connectivity index (χ1v) is 5.51. The number of carbonyl (C=O) groups is 1. The quantitative estimate of drug-likeness (QED) is 0.465. The molecule has 80 valence electrons. The highest BCUT2D eigenvalue weighted by molar-refractivity contribution is 6.30. The van der Waals surface area contributed by atoms with Crippen molar-refractivity contribution in [3.63, 3.8) is 0 Å². The van der Waals surface area contributed by atoms with Crippen LogP contribution in [0, 0.1) is 5.21 Å².